The highest BCUT2D eigenvalue weighted by atomic mass is 16.2. The van der Waals surface area contributed by atoms with Gasteiger partial charge >= 0.3 is 0 Å². The molecule has 1 heterocycles. The molecule has 0 spiro atoms. The van der Waals surface area contributed by atoms with Gasteiger partial charge in [-0.05, 0) is 18.2 Å². The first-order valence-electron chi connectivity index (χ1n) is 7.00. The molecule has 2 aromatic carbocycles. The summed E-state index contributed by atoms with van der Waals surface area (Å²) in [6.45, 7) is 0.176. The third-order valence-electron chi connectivity index (χ3n) is 3.24. The van der Waals surface area contributed by atoms with E-state index in [4.69, 9.17) is 0 Å². The topological polar surface area (TPSA) is 69.3 Å². The number of hydrazone groups is 1. The summed E-state index contributed by atoms with van der Waals surface area (Å²) in [6.07, 6.45) is 3.50. The van der Waals surface area contributed by atoms with Crippen molar-refractivity contribution in [2.75, 3.05) is 11.9 Å². The molecule has 0 radical (unpaired) electrons. The highest BCUT2D eigenvalue weighted by Gasteiger charge is 2.01. The molecule has 5 heteroatoms. The fourth-order valence-corrected chi connectivity index (χ4v) is 2.15. The van der Waals surface area contributed by atoms with Crippen molar-refractivity contribution in [3.05, 3.63) is 66.4 Å². The molecule has 5 nitrogen and oxygen atoms in total. The van der Waals surface area contributed by atoms with Crippen LogP contribution < -0.4 is 10.7 Å². The van der Waals surface area contributed by atoms with E-state index in [1.807, 2.05) is 60.8 Å². The van der Waals surface area contributed by atoms with Gasteiger partial charge in [0, 0.05) is 28.4 Å². The predicted octanol–water partition coefficient (Wildman–Crippen LogP) is 2.73. The van der Waals surface area contributed by atoms with E-state index < -0.39 is 0 Å². The number of rotatable bonds is 5. The van der Waals surface area contributed by atoms with Crippen LogP contribution >= 0.6 is 0 Å². The summed E-state index contributed by atoms with van der Waals surface area (Å²) in [6, 6.07) is 17.5. The number of nitrogens with zero attached hydrogens (tertiary/aromatic N) is 1. The molecule has 0 aliphatic heterocycles. The Morgan fingerprint density at radius 1 is 1.09 bits per heavy atom. The van der Waals surface area contributed by atoms with Crippen molar-refractivity contribution in [1.29, 1.82) is 0 Å². The van der Waals surface area contributed by atoms with Gasteiger partial charge in [0.25, 0.3) is 5.91 Å². The van der Waals surface area contributed by atoms with Gasteiger partial charge in [-0.1, -0.05) is 36.4 Å². The zero-order valence-electron chi connectivity index (χ0n) is 11.9. The first-order valence-corrected chi connectivity index (χ1v) is 7.00. The first-order chi connectivity index (χ1) is 10.8. The van der Waals surface area contributed by atoms with Gasteiger partial charge in [0.15, 0.2) is 0 Å². The Morgan fingerprint density at radius 3 is 2.73 bits per heavy atom. The van der Waals surface area contributed by atoms with E-state index in [1.54, 1.807) is 6.21 Å². The van der Waals surface area contributed by atoms with Gasteiger partial charge in [0.05, 0.1) is 12.8 Å². The molecular formula is C17H16N4O. The Bertz CT molecular complexity index is 793. The van der Waals surface area contributed by atoms with Crippen LogP contribution in [0, 0.1) is 0 Å². The summed E-state index contributed by atoms with van der Waals surface area (Å²) in [5.74, 6) is -0.194. The first kappa shape index (κ1) is 13.9. The number of amides is 1. The molecule has 110 valence electrons. The lowest BCUT2D eigenvalue weighted by molar-refractivity contribution is -0.119. The number of hydrogen-bond donors (Lipinski definition) is 3. The second-order valence-corrected chi connectivity index (χ2v) is 4.80. The molecule has 0 atom stereocenters. The van der Waals surface area contributed by atoms with Crippen LogP contribution in [0.5, 0.6) is 0 Å². The van der Waals surface area contributed by atoms with Crippen LogP contribution in [-0.4, -0.2) is 23.7 Å². The number of aromatic nitrogens is 1. The predicted molar refractivity (Wildman–Crippen MR) is 89.0 cm³/mol. The van der Waals surface area contributed by atoms with Gasteiger partial charge in [0.1, 0.15) is 0 Å². The van der Waals surface area contributed by atoms with Gasteiger partial charge in [-0.2, -0.15) is 5.10 Å². The lowest BCUT2D eigenvalue weighted by atomic mass is 10.2. The fraction of sp³-hybridized carbons (Fsp3) is 0.0588. The summed E-state index contributed by atoms with van der Waals surface area (Å²) in [7, 11) is 0. The molecule has 1 aromatic heterocycles. The molecule has 1 amide bonds. The molecule has 22 heavy (non-hydrogen) atoms. The van der Waals surface area contributed by atoms with Crippen molar-refractivity contribution in [3.63, 3.8) is 0 Å². The van der Waals surface area contributed by atoms with E-state index in [9.17, 15) is 4.79 Å². The zero-order chi connectivity index (χ0) is 15.2. The van der Waals surface area contributed by atoms with Gasteiger partial charge in [0.2, 0.25) is 0 Å². The van der Waals surface area contributed by atoms with Crippen LogP contribution in [0.15, 0.2) is 65.9 Å². The highest BCUT2D eigenvalue weighted by molar-refractivity contribution is 5.99. The van der Waals surface area contributed by atoms with Crippen molar-refractivity contribution in [2.24, 2.45) is 5.10 Å². The molecule has 3 aromatic rings. The van der Waals surface area contributed by atoms with E-state index in [-0.39, 0.29) is 12.5 Å². The standard InChI is InChI=1S/C17H16N4O/c22-17(12-18-14-6-2-1-3-7-14)21-20-11-13-10-19-16-9-5-4-8-15(13)16/h1-11,18-19H,12H2,(H,21,22). The quantitative estimate of drug-likeness (QED) is 0.500. The number of para-hydroxylation sites is 2. The Kier molecular flexibility index (Phi) is 4.15. The summed E-state index contributed by atoms with van der Waals surface area (Å²) in [5, 5.41) is 8.09. The minimum atomic E-state index is -0.194. The summed E-state index contributed by atoms with van der Waals surface area (Å²) >= 11 is 0. The van der Waals surface area contributed by atoms with Crippen molar-refractivity contribution in [1.82, 2.24) is 10.4 Å². The number of hydrogen-bond acceptors (Lipinski definition) is 3. The number of fused-ring (bicyclic) bond motifs is 1. The van der Waals surface area contributed by atoms with Crippen molar-refractivity contribution in [3.8, 4) is 0 Å². The molecule has 0 aliphatic carbocycles. The van der Waals surface area contributed by atoms with E-state index in [0.29, 0.717) is 0 Å². The van der Waals surface area contributed by atoms with Crippen LogP contribution in [0.1, 0.15) is 5.56 Å². The molecular weight excluding hydrogens is 276 g/mol. The monoisotopic (exact) mass is 292 g/mol. The average Bonchev–Trinajstić information content (AvgIpc) is 2.97. The maximum Gasteiger partial charge on any atom is 0.259 e. The molecule has 0 unspecified atom stereocenters. The zero-order valence-corrected chi connectivity index (χ0v) is 11.9. The lowest BCUT2D eigenvalue weighted by Gasteiger charge is -2.04. The van der Waals surface area contributed by atoms with Gasteiger partial charge in [-0.25, -0.2) is 5.43 Å². The van der Waals surface area contributed by atoms with Crippen molar-refractivity contribution < 1.29 is 4.79 Å². The van der Waals surface area contributed by atoms with Crippen LogP contribution in [0.25, 0.3) is 10.9 Å². The minimum Gasteiger partial charge on any atom is -0.376 e. The summed E-state index contributed by atoms with van der Waals surface area (Å²) < 4.78 is 0. The molecule has 0 bridgehead atoms. The van der Waals surface area contributed by atoms with Gasteiger partial charge < -0.3 is 10.3 Å². The SMILES string of the molecule is O=C(CNc1ccccc1)NN=Cc1c[nH]c2ccccc12. The maximum atomic E-state index is 11.7. The number of H-pyrrole nitrogens is 1. The van der Waals surface area contributed by atoms with E-state index in [1.165, 1.54) is 0 Å². The van der Waals surface area contributed by atoms with E-state index in [0.717, 1.165) is 22.2 Å². The van der Waals surface area contributed by atoms with Crippen LogP contribution in [-0.2, 0) is 4.79 Å². The second-order valence-electron chi connectivity index (χ2n) is 4.80. The smallest absolute Gasteiger partial charge is 0.259 e. The van der Waals surface area contributed by atoms with Gasteiger partial charge in [-0.15, -0.1) is 0 Å². The lowest BCUT2D eigenvalue weighted by Crippen LogP contribution is -2.25. The largest absolute Gasteiger partial charge is 0.376 e. The molecule has 3 N–H and O–H groups in total. The molecule has 0 fully saturated rings. The third-order valence-corrected chi connectivity index (χ3v) is 3.24. The number of nitrogens with one attached hydrogen (secondary N) is 3. The van der Waals surface area contributed by atoms with Gasteiger partial charge in [-0.3, -0.25) is 4.79 Å². The number of aromatic amines is 1. The van der Waals surface area contributed by atoms with E-state index >= 15 is 0 Å². The molecule has 0 saturated heterocycles. The Hall–Kier alpha value is -3.08. The number of anilines is 1. The number of carbonyl (C=O) groups excluding carboxylic acids is 1. The second kappa shape index (κ2) is 6.58. The minimum absolute atomic E-state index is 0.176. The average molecular weight is 292 g/mol. The van der Waals surface area contributed by atoms with Crippen molar-refractivity contribution in [2.45, 2.75) is 0 Å². The highest BCUT2D eigenvalue weighted by Crippen LogP contribution is 2.15. The Balaban J connectivity index is 1.54. The number of benzene rings is 2. The van der Waals surface area contributed by atoms with Crippen LogP contribution in [0.4, 0.5) is 5.69 Å². The normalized spacial score (nSPS) is 10.9. The van der Waals surface area contributed by atoms with Crippen LogP contribution in [0.3, 0.4) is 0 Å². The Labute approximate surface area is 128 Å². The van der Waals surface area contributed by atoms with Crippen molar-refractivity contribution >= 4 is 28.7 Å². The summed E-state index contributed by atoms with van der Waals surface area (Å²) in [4.78, 5) is 14.9. The molecule has 3 rings (SSSR count). The van der Waals surface area contributed by atoms with Crippen LogP contribution in [0.2, 0.25) is 0 Å². The molecule has 0 aliphatic rings. The summed E-state index contributed by atoms with van der Waals surface area (Å²) in [5.41, 5.74) is 5.39. The third kappa shape index (κ3) is 3.32. The molecule has 0 saturated carbocycles. The fourth-order valence-electron chi connectivity index (χ4n) is 2.15. The van der Waals surface area contributed by atoms with E-state index in [2.05, 4.69) is 20.8 Å². The maximum absolute atomic E-state index is 11.7. The Morgan fingerprint density at radius 2 is 1.86 bits per heavy atom. The number of carbonyl (C=O) groups is 1.